The molecule has 23 heavy (non-hydrogen) atoms. The van der Waals surface area contributed by atoms with Gasteiger partial charge in [-0.25, -0.2) is 0 Å². The molecule has 2 rings (SSSR count). The van der Waals surface area contributed by atoms with Gasteiger partial charge in [0, 0.05) is 0 Å². The predicted octanol–water partition coefficient (Wildman–Crippen LogP) is 3.76. The maximum Gasteiger partial charge on any atom is 0.117 e. The van der Waals surface area contributed by atoms with Gasteiger partial charge in [-0.3, -0.25) is 0 Å². The van der Waals surface area contributed by atoms with Crippen molar-refractivity contribution >= 4 is 22.7 Å². The summed E-state index contributed by atoms with van der Waals surface area (Å²) in [6.07, 6.45) is 1.85. The molecule has 2 N–H and O–H groups in total. The van der Waals surface area contributed by atoms with E-state index in [-0.39, 0.29) is 0 Å². The van der Waals surface area contributed by atoms with E-state index in [9.17, 15) is 5.11 Å². The lowest BCUT2D eigenvalue weighted by Crippen LogP contribution is -2.32. The average Bonchev–Trinajstić information content (AvgIpc) is 3.27. The molecule has 2 aromatic heterocycles. The minimum absolute atomic E-state index is 0.700. The summed E-state index contributed by atoms with van der Waals surface area (Å²) in [6.45, 7) is 9.61. The van der Waals surface area contributed by atoms with Gasteiger partial charge >= 0.3 is 0 Å². The van der Waals surface area contributed by atoms with Gasteiger partial charge in [0.05, 0.1) is 0 Å². The Bertz CT molecular complexity index is 487. The first-order valence-electron chi connectivity index (χ1n) is 8.41. The highest BCUT2D eigenvalue weighted by molar-refractivity contribution is 7.08. The fraction of sp³-hybridized carbons (Fsp3) is 0.556. The zero-order valence-electron chi connectivity index (χ0n) is 14.1. The second-order valence-electron chi connectivity index (χ2n) is 5.76. The lowest BCUT2D eigenvalue weighted by molar-refractivity contribution is 0.0720. The number of aliphatic hydroxyl groups is 1. The number of nitrogens with one attached hydrogen (secondary N) is 1. The second kappa shape index (κ2) is 9.55. The molecule has 0 atom stereocenters. The summed E-state index contributed by atoms with van der Waals surface area (Å²) in [6, 6.07) is 4.06. The maximum atomic E-state index is 11.2. The molecule has 2 aromatic rings. The highest BCUT2D eigenvalue weighted by Gasteiger charge is 2.31. The van der Waals surface area contributed by atoms with Crippen LogP contribution < -0.4 is 5.32 Å². The van der Waals surface area contributed by atoms with Crippen LogP contribution in [-0.4, -0.2) is 42.7 Å². The third kappa shape index (κ3) is 5.13. The number of hydrogen-bond donors (Lipinski definition) is 2. The molecule has 0 aliphatic heterocycles. The van der Waals surface area contributed by atoms with Gasteiger partial charge < -0.3 is 15.3 Å². The standard InChI is InChI=1S/C18H28N2OS2/c1-3-20(4-2)11-5-9-19-10-8-18(21,16-6-12-22-14-16)17-7-13-23-15-17/h6-7,12-15,19,21H,3-5,8-11H2,1-2H3. The van der Waals surface area contributed by atoms with E-state index in [2.05, 4.69) is 34.8 Å². The Kier molecular flexibility index (Phi) is 7.73. The Morgan fingerprint density at radius 2 is 1.65 bits per heavy atom. The Morgan fingerprint density at radius 3 is 2.13 bits per heavy atom. The SMILES string of the molecule is CCN(CC)CCCNCCC(O)(c1ccsc1)c1ccsc1. The van der Waals surface area contributed by atoms with Gasteiger partial charge in [-0.1, -0.05) is 13.8 Å². The number of thiophene rings is 2. The third-order valence-electron chi connectivity index (χ3n) is 4.38. The topological polar surface area (TPSA) is 35.5 Å². The van der Waals surface area contributed by atoms with Gasteiger partial charge in [-0.05, 0) is 90.3 Å². The molecule has 0 amide bonds. The summed E-state index contributed by atoms with van der Waals surface area (Å²) < 4.78 is 0. The van der Waals surface area contributed by atoms with Crippen LogP contribution in [0.1, 0.15) is 37.8 Å². The van der Waals surface area contributed by atoms with Crippen molar-refractivity contribution in [1.82, 2.24) is 10.2 Å². The molecule has 0 spiro atoms. The molecule has 5 heteroatoms. The molecule has 0 unspecified atom stereocenters. The van der Waals surface area contributed by atoms with Crippen molar-refractivity contribution in [1.29, 1.82) is 0 Å². The van der Waals surface area contributed by atoms with Crippen LogP contribution in [-0.2, 0) is 5.60 Å². The summed E-state index contributed by atoms with van der Waals surface area (Å²) in [7, 11) is 0. The minimum Gasteiger partial charge on any atom is -0.380 e. The smallest absolute Gasteiger partial charge is 0.117 e. The van der Waals surface area contributed by atoms with Gasteiger partial charge in [-0.15, -0.1) is 0 Å². The molecule has 3 nitrogen and oxygen atoms in total. The van der Waals surface area contributed by atoms with Crippen molar-refractivity contribution in [2.45, 2.75) is 32.3 Å². The highest BCUT2D eigenvalue weighted by Crippen LogP contribution is 2.35. The molecule has 0 radical (unpaired) electrons. The fourth-order valence-electron chi connectivity index (χ4n) is 2.82. The van der Waals surface area contributed by atoms with E-state index >= 15 is 0 Å². The molecular weight excluding hydrogens is 324 g/mol. The molecule has 2 heterocycles. The Balaban J connectivity index is 1.82. The monoisotopic (exact) mass is 352 g/mol. The summed E-state index contributed by atoms with van der Waals surface area (Å²) in [5, 5.41) is 22.9. The van der Waals surface area contributed by atoms with Crippen LogP contribution in [0.3, 0.4) is 0 Å². The molecule has 0 fully saturated rings. The van der Waals surface area contributed by atoms with Crippen molar-refractivity contribution in [3.63, 3.8) is 0 Å². The van der Waals surface area contributed by atoms with Crippen LogP contribution in [0.15, 0.2) is 33.7 Å². The molecule has 0 bridgehead atoms. The van der Waals surface area contributed by atoms with Crippen molar-refractivity contribution in [2.75, 3.05) is 32.7 Å². The molecule has 0 aliphatic rings. The first-order valence-corrected chi connectivity index (χ1v) is 10.3. The lowest BCUT2D eigenvalue weighted by Gasteiger charge is -2.27. The van der Waals surface area contributed by atoms with Crippen LogP contribution in [0.2, 0.25) is 0 Å². The normalized spacial score (nSPS) is 12.2. The average molecular weight is 353 g/mol. The molecular formula is C18H28N2OS2. The van der Waals surface area contributed by atoms with E-state index in [0.717, 1.165) is 50.3 Å². The van der Waals surface area contributed by atoms with Crippen molar-refractivity contribution < 1.29 is 5.11 Å². The molecule has 0 aromatic carbocycles. The van der Waals surface area contributed by atoms with E-state index < -0.39 is 5.60 Å². The molecule has 0 saturated carbocycles. The highest BCUT2D eigenvalue weighted by atomic mass is 32.1. The van der Waals surface area contributed by atoms with Crippen LogP contribution >= 0.6 is 22.7 Å². The maximum absolute atomic E-state index is 11.2. The Hall–Kier alpha value is -0.720. The molecule has 0 saturated heterocycles. The van der Waals surface area contributed by atoms with Crippen LogP contribution in [0.25, 0.3) is 0 Å². The summed E-state index contributed by atoms with van der Waals surface area (Å²) in [5.41, 5.74) is 1.14. The van der Waals surface area contributed by atoms with E-state index in [0.29, 0.717) is 6.42 Å². The third-order valence-corrected chi connectivity index (χ3v) is 5.75. The van der Waals surface area contributed by atoms with Gasteiger partial charge in [-0.2, -0.15) is 22.7 Å². The second-order valence-corrected chi connectivity index (χ2v) is 7.32. The number of hydrogen-bond acceptors (Lipinski definition) is 5. The van der Waals surface area contributed by atoms with E-state index in [1.807, 2.05) is 22.9 Å². The minimum atomic E-state index is -0.869. The van der Waals surface area contributed by atoms with Crippen LogP contribution in [0.5, 0.6) is 0 Å². The van der Waals surface area contributed by atoms with Crippen molar-refractivity contribution in [2.24, 2.45) is 0 Å². The zero-order chi connectivity index (χ0) is 16.5. The van der Waals surface area contributed by atoms with E-state index in [4.69, 9.17) is 0 Å². The largest absolute Gasteiger partial charge is 0.380 e. The predicted molar refractivity (Wildman–Crippen MR) is 102 cm³/mol. The summed E-state index contributed by atoms with van der Waals surface area (Å²) >= 11 is 3.27. The van der Waals surface area contributed by atoms with Gasteiger partial charge in [0.2, 0.25) is 0 Å². The van der Waals surface area contributed by atoms with Crippen LogP contribution in [0.4, 0.5) is 0 Å². The lowest BCUT2D eigenvalue weighted by atomic mass is 9.87. The summed E-state index contributed by atoms with van der Waals surface area (Å²) in [4.78, 5) is 2.44. The Labute approximate surface area is 148 Å². The number of nitrogens with zero attached hydrogens (tertiary/aromatic N) is 1. The van der Waals surface area contributed by atoms with Gasteiger partial charge in [0.25, 0.3) is 0 Å². The van der Waals surface area contributed by atoms with E-state index in [1.165, 1.54) is 0 Å². The molecule has 128 valence electrons. The Morgan fingerprint density at radius 1 is 1.04 bits per heavy atom. The van der Waals surface area contributed by atoms with Crippen LogP contribution in [0, 0.1) is 0 Å². The van der Waals surface area contributed by atoms with Crippen molar-refractivity contribution in [3.05, 3.63) is 44.8 Å². The fourth-order valence-corrected chi connectivity index (χ4v) is 4.26. The van der Waals surface area contributed by atoms with E-state index in [1.54, 1.807) is 22.7 Å². The first kappa shape index (κ1) is 18.6. The number of rotatable bonds is 11. The first-order chi connectivity index (χ1) is 11.2. The van der Waals surface area contributed by atoms with Gasteiger partial charge in [0.15, 0.2) is 0 Å². The zero-order valence-corrected chi connectivity index (χ0v) is 15.8. The van der Waals surface area contributed by atoms with Gasteiger partial charge in [0.1, 0.15) is 5.60 Å². The van der Waals surface area contributed by atoms with Crippen molar-refractivity contribution in [3.8, 4) is 0 Å². The summed E-state index contributed by atoms with van der Waals surface area (Å²) in [5.74, 6) is 0. The quantitative estimate of drug-likeness (QED) is 0.605. The molecule has 0 aliphatic carbocycles.